The number of aryl methyl sites for hydroxylation is 3. The summed E-state index contributed by atoms with van der Waals surface area (Å²) in [5.41, 5.74) is 3.68. The van der Waals surface area contributed by atoms with E-state index in [2.05, 4.69) is 20.6 Å². The quantitative estimate of drug-likeness (QED) is 0.630. The molecule has 0 aliphatic heterocycles. The zero-order chi connectivity index (χ0) is 20.3. The van der Waals surface area contributed by atoms with Gasteiger partial charge in [0, 0.05) is 17.8 Å². The van der Waals surface area contributed by atoms with Gasteiger partial charge in [-0.1, -0.05) is 23.7 Å². The fourth-order valence-corrected chi connectivity index (χ4v) is 3.21. The van der Waals surface area contributed by atoms with Gasteiger partial charge in [0.2, 0.25) is 0 Å². The highest BCUT2D eigenvalue weighted by Gasteiger charge is 2.13. The molecule has 28 heavy (non-hydrogen) atoms. The maximum atomic E-state index is 12.7. The Kier molecular flexibility index (Phi) is 5.80. The van der Waals surface area contributed by atoms with Gasteiger partial charge in [0.1, 0.15) is 23.1 Å². The van der Waals surface area contributed by atoms with Gasteiger partial charge in [-0.05, 0) is 50.1 Å². The lowest BCUT2D eigenvalue weighted by Gasteiger charge is -2.13. The molecule has 2 N–H and O–H groups in total. The molecule has 1 amide bonds. The molecule has 0 atom stereocenters. The second-order valence-electron chi connectivity index (χ2n) is 6.44. The fourth-order valence-electron chi connectivity index (χ4n) is 2.85. The molecular weight excluding hydrogens is 376 g/mol. The van der Waals surface area contributed by atoms with Crippen molar-refractivity contribution in [3.63, 3.8) is 0 Å². The summed E-state index contributed by atoms with van der Waals surface area (Å²) < 4.78 is 5.18. The molecule has 3 rings (SSSR count). The summed E-state index contributed by atoms with van der Waals surface area (Å²) in [6.07, 6.45) is 0. The SMILES string of the molecule is COc1cccc(NC(=O)c2cc(Nc3c(C)cc(C)cc3Cl)nc(C)n2)c1. The summed E-state index contributed by atoms with van der Waals surface area (Å²) in [7, 11) is 1.57. The van der Waals surface area contributed by atoms with E-state index in [1.807, 2.05) is 26.0 Å². The maximum absolute atomic E-state index is 12.7. The largest absolute Gasteiger partial charge is 0.497 e. The van der Waals surface area contributed by atoms with Crippen LogP contribution in [0.1, 0.15) is 27.4 Å². The van der Waals surface area contributed by atoms with Crippen LogP contribution in [-0.2, 0) is 0 Å². The predicted octanol–water partition coefficient (Wildman–Crippen LogP) is 5.06. The molecule has 0 saturated carbocycles. The Morgan fingerprint density at radius 3 is 2.57 bits per heavy atom. The average Bonchev–Trinajstić information content (AvgIpc) is 2.64. The monoisotopic (exact) mass is 396 g/mol. The van der Waals surface area contributed by atoms with Crippen LogP contribution in [0.15, 0.2) is 42.5 Å². The number of hydrogen-bond acceptors (Lipinski definition) is 5. The smallest absolute Gasteiger partial charge is 0.274 e. The minimum absolute atomic E-state index is 0.249. The molecule has 1 heterocycles. The van der Waals surface area contributed by atoms with Crippen LogP contribution >= 0.6 is 11.6 Å². The molecular formula is C21H21ClN4O2. The first-order chi connectivity index (χ1) is 13.4. The Bertz CT molecular complexity index is 1010. The number of hydrogen-bond donors (Lipinski definition) is 2. The maximum Gasteiger partial charge on any atom is 0.274 e. The summed E-state index contributed by atoms with van der Waals surface area (Å²) in [6, 6.07) is 12.6. The molecule has 0 bridgehead atoms. The molecule has 0 radical (unpaired) electrons. The Morgan fingerprint density at radius 2 is 1.86 bits per heavy atom. The molecule has 0 spiro atoms. The molecule has 144 valence electrons. The van der Waals surface area contributed by atoms with Gasteiger partial charge in [0.05, 0.1) is 17.8 Å². The molecule has 0 unspecified atom stereocenters. The Morgan fingerprint density at radius 1 is 1.07 bits per heavy atom. The van der Waals surface area contributed by atoms with Crippen LogP contribution in [0.25, 0.3) is 0 Å². The number of methoxy groups -OCH3 is 1. The highest BCUT2D eigenvalue weighted by molar-refractivity contribution is 6.33. The van der Waals surface area contributed by atoms with Gasteiger partial charge in [0.15, 0.2) is 0 Å². The van der Waals surface area contributed by atoms with E-state index in [0.29, 0.717) is 28.1 Å². The van der Waals surface area contributed by atoms with Crippen LogP contribution in [0.2, 0.25) is 5.02 Å². The van der Waals surface area contributed by atoms with Gasteiger partial charge in [-0.15, -0.1) is 0 Å². The normalized spacial score (nSPS) is 10.5. The van der Waals surface area contributed by atoms with Gasteiger partial charge < -0.3 is 15.4 Å². The zero-order valence-corrected chi connectivity index (χ0v) is 16.9. The van der Waals surface area contributed by atoms with E-state index in [0.717, 1.165) is 16.8 Å². The van der Waals surface area contributed by atoms with Crippen molar-refractivity contribution in [2.45, 2.75) is 20.8 Å². The van der Waals surface area contributed by atoms with Gasteiger partial charge in [-0.3, -0.25) is 4.79 Å². The molecule has 7 heteroatoms. The van der Waals surface area contributed by atoms with Crippen LogP contribution < -0.4 is 15.4 Å². The summed E-state index contributed by atoms with van der Waals surface area (Å²) in [5.74, 6) is 1.29. The average molecular weight is 397 g/mol. The van der Waals surface area contributed by atoms with E-state index in [9.17, 15) is 4.79 Å². The number of aromatic nitrogens is 2. The lowest BCUT2D eigenvalue weighted by Crippen LogP contribution is -2.15. The van der Waals surface area contributed by atoms with Gasteiger partial charge in [0.25, 0.3) is 5.91 Å². The number of ether oxygens (including phenoxy) is 1. The van der Waals surface area contributed by atoms with E-state index in [4.69, 9.17) is 16.3 Å². The van der Waals surface area contributed by atoms with E-state index >= 15 is 0 Å². The third-order valence-electron chi connectivity index (χ3n) is 4.08. The number of nitrogens with zero attached hydrogens (tertiary/aromatic N) is 2. The molecule has 0 saturated heterocycles. The summed E-state index contributed by atoms with van der Waals surface area (Å²) >= 11 is 6.37. The van der Waals surface area contributed by atoms with Gasteiger partial charge in [-0.25, -0.2) is 9.97 Å². The Labute approximate surface area is 168 Å². The third kappa shape index (κ3) is 4.58. The number of anilines is 3. The molecule has 2 aromatic carbocycles. The summed E-state index contributed by atoms with van der Waals surface area (Å²) in [5, 5.41) is 6.61. The number of halogens is 1. The fraction of sp³-hybridized carbons (Fsp3) is 0.190. The number of amides is 1. The van der Waals surface area contributed by atoms with Crippen LogP contribution in [0, 0.1) is 20.8 Å². The van der Waals surface area contributed by atoms with Crippen molar-refractivity contribution < 1.29 is 9.53 Å². The van der Waals surface area contributed by atoms with E-state index in [1.54, 1.807) is 44.4 Å². The first kappa shape index (κ1) is 19.6. The zero-order valence-electron chi connectivity index (χ0n) is 16.1. The van der Waals surface area contributed by atoms with Crippen molar-refractivity contribution in [2.24, 2.45) is 0 Å². The minimum Gasteiger partial charge on any atom is -0.497 e. The molecule has 1 aromatic heterocycles. The van der Waals surface area contributed by atoms with E-state index in [1.165, 1.54) is 0 Å². The Hall–Kier alpha value is -3.12. The highest BCUT2D eigenvalue weighted by Crippen LogP contribution is 2.30. The molecule has 3 aromatic rings. The van der Waals surface area contributed by atoms with E-state index in [-0.39, 0.29) is 11.6 Å². The lowest BCUT2D eigenvalue weighted by molar-refractivity contribution is 0.102. The summed E-state index contributed by atoms with van der Waals surface area (Å²) in [6.45, 7) is 5.68. The number of benzene rings is 2. The number of nitrogens with one attached hydrogen (secondary N) is 2. The van der Waals surface area contributed by atoms with Crippen LogP contribution in [0.5, 0.6) is 5.75 Å². The minimum atomic E-state index is -0.339. The van der Waals surface area contributed by atoms with E-state index < -0.39 is 0 Å². The second-order valence-corrected chi connectivity index (χ2v) is 6.84. The van der Waals surface area contributed by atoms with Crippen LogP contribution in [-0.4, -0.2) is 23.0 Å². The van der Waals surface area contributed by atoms with Crippen molar-refractivity contribution in [3.05, 3.63) is 70.1 Å². The van der Waals surface area contributed by atoms with Crippen molar-refractivity contribution in [3.8, 4) is 5.75 Å². The van der Waals surface area contributed by atoms with Crippen molar-refractivity contribution >= 4 is 34.7 Å². The Balaban J connectivity index is 1.86. The molecule has 0 fully saturated rings. The topological polar surface area (TPSA) is 76.1 Å². The molecule has 6 nitrogen and oxygen atoms in total. The molecule has 0 aliphatic rings. The number of carbonyl (C=O) groups excluding carboxylic acids is 1. The lowest BCUT2D eigenvalue weighted by atomic mass is 10.1. The molecule has 0 aliphatic carbocycles. The van der Waals surface area contributed by atoms with Crippen molar-refractivity contribution in [1.29, 1.82) is 0 Å². The first-order valence-electron chi connectivity index (χ1n) is 8.70. The van der Waals surface area contributed by atoms with Crippen molar-refractivity contribution in [1.82, 2.24) is 9.97 Å². The summed E-state index contributed by atoms with van der Waals surface area (Å²) in [4.78, 5) is 21.3. The first-order valence-corrected chi connectivity index (χ1v) is 9.08. The van der Waals surface area contributed by atoms with Gasteiger partial charge in [-0.2, -0.15) is 0 Å². The van der Waals surface area contributed by atoms with Crippen molar-refractivity contribution in [2.75, 3.05) is 17.7 Å². The standard InChI is InChI=1S/C21H21ClN4O2/c1-12-8-13(2)20(17(22)9-12)26-19-11-18(23-14(3)24-19)21(27)25-15-6-5-7-16(10-15)28-4/h5-11H,1-4H3,(H,25,27)(H,23,24,26). The third-order valence-corrected chi connectivity index (χ3v) is 4.38. The van der Waals surface area contributed by atoms with Gasteiger partial charge >= 0.3 is 0 Å². The number of carbonyl (C=O) groups is 1. The highest BCUT2D eigenvalue weighted by atomic mass is 35.5. The van der Waals surface area contributed by atoms with Crippen LogP contribution in [0.4, 0.5) is 17.2 Å². The second kappa shape index (κ2) is 8.27. The predicted molar refractivity (Wildman–Crippen MR) is 112 cm³/mol. The van der Waals surface area contributed by atoms with Crippen LogP contribution in [0.3, 0.4) is 0 Å². The number of rotatable bonds is 5.